The van der Waals surface area contributed by atoms with Crippen molar-refractivity contribution in [2.45, 2.75) is 38.7 Å². The van der Waals surface area contributed by atoms with E-state index in [4.69, 9.17) is 0 Å². The van der Waals surface area contributed by atoms with Gasteiger partial charge in [-0.3, -0.25) is 0 Å². The fourth-order valence-corrected chi connectivity index (χ4v) is 2.86. The van der Waals surface area contributed by atoms with Gasteiger partial charge in [-0.15, -0.1) is 0 Å². The van der Waals surface area contributed by atoms with Gasteiger partial charge < -0.3 is 10.4 Å². The Labute approximate surface area is 111 Å². The van der Waals surface area contributed by atoms with Crippen LogP contribution >= 0.6 is 15.9 Å². The highest BCUT2D eigenvalue weighted by atomic mass is 79.9. The first-order valence-corrected chi connectivity index (χ1v) is 6.98. The first-order valence-electron chi connectivity index (χ1n) is 6.19. The van der Waals surface area contributed by atoms with Gasteiger partial charge in [-0.1, -0.05) is 6.42 Å². The van der Waals surface area contributed by atoms with Crippen LogP contribution in [0.1, 0.15) is 31.2 Å². The first kappa shape index (κ1) is 12.8. The third-order valence-corrected chi connectivity index (χ3v) is 3.79. The fraction of sp³-hybridized carbons (Fsp3) is 0.615. The van der Waals surface area contributed by atoms with E-state index in [-0.39, 0.29) is 6.10 Å². The topological polar surface area (TPSA) is 45.2 Å². The summed E-state index contributed by atoms with van der Waals surface area (Å²) in [5.41, 5.74) is 1.15. The minimum atomic E-state index is -0.102. The Balaban J connectivity index is 1.88. The molecule has 1 aromatic heterocycles. The van der Waals surface area contributed by atoms with Crippen LogP contribution in [0, 0.1) is 12.8 Å². The van der Waals surface area contributed by atoms with Crippen molar-refractivity contribution in [1.29, 1.82) is 0 Å². The number of rotatable bonds is 3. The zero-order valence-electron chi connectivity index (χ0n) is 10.1. The number of hydrogen-bond acceptors (Lipinski definition) is 3. The maximum absolute atomic E-state index is 9.62. The lowest BCUT2D eigenvalue weighted by Crippen LogP contribution is -2.25. The maximum Gasteiger partial charge on any atom is 0.128 e. The Morgan fingerprint density at radius 3 is 3.06 bits per heavy atom. The Morgan fingerprint density at radius 1 is 1.53 bits per heavy atom. The summed E-state index contributed by atoms with van der Waals surface area (Å²) in [5, 5.41) is 13.0. The minimum absolute atomic E-state index is 0.102. The molecule has 1 fully saturated rings. The van der Waals surface area contributed by atoms with Crippen molar-refractivity contribution in [3.63, 3.8) is 0 Å². The summed E-state index contributed by atoms with van der Waals surface area (Å²) in [6.45, 7) is 2.96. The van der Waals surface area contributed by atoms with Crippen molar-refractivity contribution < 1.29 is 5.11 Å². The first-order chi connectivity index (χ1) is 8.15. The summed E-state index contributed by atoms with van der Waals surface area (Å²) < 4.78 is 1.01. The maximum atomic E-state index is 9.62. The van der Waals surface area contributed by atoms with Gasteiger partial charge in [-0.2, -0.15) is 0 Å². The van der Waals surface area contributed by atoms with Crippen LogP contribution in [0.15, 0.2) is 16.7 Å². The number of pyridine rings is 1. The molecule has 1 heterocycles. The molecule has 0 spiro atoms. The number of hydrogen-bond donors (Lipinski definition) is 2. The SMILES string of the molecule is Cc1cc(Br)cnc1NCC1CCCC(O)C1. The number of aromatic nitrogens is 1. The van der Waals surface area contributed by atoms with E-state index < -0.39 is 0 Å². The number of aryl methyl sites for hydroxylation is 1. The molecule has 0 saturated heterocycles. The van der Waals surface area contributed by atoms with Gasteiger partial charge >= 0.3 is 0 Å². The number of nitrogens with one attached hydrogen (secondary N) is 1. The zero-order valence-corrected chi connectivity index (χ0v) is 11.7. The van der Waals surface area contributed by atoms with Crippen LogP contribution in [0.2, 0.25) is 0 Å². The number of nitrogens with zero attached hydrogens (tertiary/aromatic N) is 1. The number of halogens is 1. The highest BCUT2D eigenvalue weighted by Crippen LogP contribution is 2.25. The standard InChI is InChI=1S/C13H19BrN2O/c1-9-5-11(14)8-16-13(9)15-7-10-3-2-4-12(17)6-10/h5,8,10,12,17H,2-4,6-7H2,1H3,(H,15,16). The molecule has 0 bridgehead atoms. The van der Waals surface area contributed by atoms with Crippen molar-refractivity contribution >= 4 is 21.7 Å². The summed E-state index contributed by atoms with van der Waals surface area (Å²) in [6, 6.07) is 2.06. The van der Waals surface area contributed by atoms with Gasteiger partial charge in [-0.05, 0) is 59.7 Å². The average molecular weight is 299 g/mol. The molecule has 3 nitrogen and oxygen atoms in total. The van der Waals surface area contributed by atoms with Crippen molar-refractivity contribution in [1.82, 2.24) is 4.98 Å². The molecule has 4 heteroatoms. The van der Waals surface area contributed by atoms with Crippen molar-refractivity contribution in [3.05, 3.63) is 22.3 Å². The van der Waals surface area contributed by atoms with Gasteiger partial charge in [0.1, 0.15) is 5.82 Å². The lowest BCUT2D eigenvalue weighted by atomic mass is 9.87. The van der Waals surface area contributed by atoms with Crippen molar-refractivity contribution in [3.8, 4) is 0 Å². The molecule has 2 N–H and O–H groups in total. The zero-order chi connectivity index (χ0) is 12.3. The molecule has 0 aromatic carbocycles. The van der Waals surface area contributed by atoms with E-state index in [1.807, 2.05) is 6.20 Å². The quantitative estimate of drug-likeness (QED) is 0.901. The largest absolute Gasteiger partial charge is 0.393 e. The molecule has 1 aliphatic rings. The second kappa shape index (κ2) is 5.83. The molecule has 0 aliphatic heterocycles. The van der Waals surface area contributed by atoms with Gasteiger partial charge in [0, 0.05) is 17.2 Å². The molecular formula is C13H19BrN2O. The number of aliphatic hydroxyl groups excluding tert-OH is 1. The third kappa shape index (κ3) is 3.68. The lowest BCUT2D eigenvalue weighted by molar-refractivity contribution is 0.104. The van der Waals surface area contributed by atoms with Crippen LogP contribution in [-0.2, 0) is 0 Å². The number of anilines is 1. The van der Waals surface area contributed by atoms with Crippen LogP contribution in [0.3, 0.4) is 0 Å². The van der Waals surface area contributed by atoms with E-state index in [0.717, 1.165) is 41.7 Å². The Hall–Kier alpha value is -0.610. The molecule has 0 radical (unpaired) electrons. The normalized spacial score (nSPS) is 24.6. The predicted octanol–water partition coefficient (Wildman–Crippen LogP) is 3.12. The third-order valence-electron chi connectivity index (χ3n) is 3.36. The summed E-state index contributed by atoms with van der Waals surface area (Å²) in [7, 11) is 0. The second-order valence-corrected chi connectivity index (χ2v) is 5.80. The van der Waals surface area contributed by atoms with Crippen molar-refractivity contribution in [2.75, 3.05) is 11.9 Å². The average Bonchev–Trinajstić information content (AvgIpc) is 2.28. The van der Waals surface area contributed by atoms with E-state index in [2.05, 4.69) is 39.2 Å². The molecule has 2 unspecified atom stereocenters. The van der Waals surface area contributed by atoms with Crippen LogP contribution in [-0.4, -0.2) is 22.7 Å². The summed E-state index contributed by atoms with van der Waals surface area (Å²) >= 11 is 3.41. The van der Waals surface area contributed by atoms with Gasteiger partial charge in [0.2, 0.25) is 0 Å². The molecule has 2 atom stereocenters. The van der Waals surface area contributed by atoms with E-state index in [9.17, 15) is 5.11 Å². The van der Waals surface area contributed by atoms with Crippen LogP contribution in [0.4, 0.5) is 5.82 Å². The minimum Gasteiger partial charge on any atom is -0.393 e. The van der Waals surface area contributed by atoms with Gasteiger partial charge in [0.15, 0.2) is 0 Å². The molecule has 1 saturated carbocycles. The smallest absolute Gasteiger partial charge is 0.128 e. The number of aliphatic hydroxyl groups is 1. The van der Waals surface area contributed by atoms with Crippen LogP contribution in [0.25, 0.3) is 0 Å². The summed E-state index contributed by atoms with van der Waals surface area (Å²) in [6.07, 6.45) is 5.94. The molecule has 94 valence electrons. The Morgan fingerprint density at radius 2 is 2.35 bits per heavy atom. The van der Waals surface area contributed by atoms with Gasteiger partial charge in [0.25, 0.3) is 0 Å². The Bertz CT molecular complexity index is 384. The highest BCUT2D eigenvalue weighted by molar-refractivity contribution is 9.10. The molecule has 0 amide bonds. The van der Waals surface area contributed by atoms with Gasteiger partial charge in [0.05, 0.1) is 6.10 Å². The van der Waals surface area contributed by atoms with Crippen LogP contribution in [0.5, 0.6) is 0 Å². The summed E-state index contributed by atoms with van der Waals surface area (Å²) in [4.78, 5) is 4.36. The van der Waals surface area contributed by atoms with Crippen molar-refractivity contribution in [2.24, 2.45) is 5.92 Å². The van der Waals surface area contributed by atoms with Gasteiger partial charge in [-0.25, -0.2) is 4.98 Å². The Kier molecular flexibility index (Phi) is 4.40. The fourth-order valence-electron chi connectivity index (χ4n) is 2.41. The molecular weight excluding hydrogens is 280 g/mol. The molecule has 2 rings (SSSR count). The van der Waals surface area contributed by atoms with E-state index in [1.165, 1.54) is 6.42 Å². The monoisotopic (exact) mass is 298 g/mol. The van der Waals surface area contributed by atoms with E-state index in [0.29, 0.717) is 5.92 Å². The van der Waals surface area contributed by atoms with Crippen LogP contribution < -0.4 is 5.32 Å². The molecule has 17 heavy (non-hydrogen) atoms. The second-order valence-electron chi connectivity index (χ2n) is 4.89. The molecule has 1 aliphatic carbocycles. The predicted molar refractivity (Wildman–Crippen MR) is 73.1 cm³/mol. The lowest BCUT2D eigenvalue weighted by Gasteiger charge is -2.26. The van der Waals surface area contributed by atoms with E-state index in [1.54, 1.807) is 0 Å². The van der Waals surface area contributed by atoms with E-state index >= 15 is 0 Å². The summed E-state index contributed by atoms with van der Waals surface area (Å²) in [5.74, 6) is 1.52. The highest BCUT2D eigenvalue weighted by Gasteiger charge is 2.19. The molecule has 1 aromatic rings.